The van der Waals surface area contributed by atoms with Crippen LogP contribution in [-0.2, 0) is 16.0 Å². The fourth-order valence-corrected chi connectivity index (χ4v) is 1.93. The molecule has 0 atom stereocenters. The van der Waals surface area contributed by atoms with Crippen LogP contribution in [0.15, 0.2) is 12.1 Å². The maximum absolute atomic E-state index is 11.6. The Hall–Kier alpha value is -1.84. The molecular formula is C12H13NO3. The number of benzene rings is 1. The monoisotopic (exact) mass is 219 g/mol. The summed E-state index contributed by atoms with van der Waals surface area (Å²) in [6, 6.07) is 3.72. The Labute approximate surface area is 93.6 Å². The number of rotatable bonds is 1. The average molecular weight is 219 g/mol. The van der Waals surface area contributed by atoms with Crippen LogP contribution in [0.3, 0.4) is 0 Å². The topological polar surface area (TPSA) is 55.4 Å². The van der Waals surface area contributed by atoms with E-state index in [2.05, 4.69) is 5.32 Å². The number of hydrogen-bond donors (Lipinski definition) is 1. The van der Waals surface area contributed by atoms with Crippen molar-refractivity contribution in [2.24, 2.45) is 0 Å². The van der Waals surface area contributed by atoms with Gasteiger partial charge in [-0.3, -0.25) is 4.79 Å². The molecule has 4 heteroatoms. The molecule has 1 heterocycles. The molecule has 0 aromatic heterocycles. The Kier molecular flexibility index (Phi) is 2.64. The molecule has 0 unspecified atom stereocenters. The molecule has 1 aromatic carbocycles. The number of aryl methyl sites for hydroxylation is 2. The molecule has 0 bridgehead atoms. The van der Waals surface area contributed by atoms with Gasteiger partial charge in [0.15, 0.2) is 0 Å². The van der Waals surface area contributed by atoms with Crippen molar-refractivity contribution in [1.82, 2.24) is 0 Å². The predicted molar refractivity (Wildman–Crippen MR) is 59.5 cm³/mol. The number of carbonyl (C=O) groups is 2. The summed E-state index contributed by atoms with van der Waals surface area (Å²) in [5, 5.41) is 2.73. The van der Waals surface area contributed by atoms with Crippen molar-refractivity contribution in [2.75, 3.05) is 12.4 Å². The zero-order chi connectivity index (χ0) is 11.7. The van der Waals surface area contributed by atoms with E-state index in [1.54, 1.807) is 6.07 Å². The fourth-order valence-electron chi connectivity index (χ4n) is 1.93. The van der Waals surface area contributed by atoms with E-state index in [-0.39, 0.29) is 5.91 Å². The van der Waals surface area contributed by atoms with Crippen LogP contribution in [0, 0.1) is 6.92 Å². The standard InChI is InChI=1S/C12H13NO3/c1-7-5-8-3-4-10(14)13-11(8)9(6-7)12(15)16-2/h5-6H,3-4H2,1-2H3,(H,13,14). The molecule has 2 rings (SSSR count). The van der Waals surface area contributed by atoms with Crippen LogP contribution in [0.2, 0.25) is 0 Å². The van der Waals surface area contributed by atoms with E-state index in [1.807, 2.05) is 13.0 Å². The lowest BCUT2D eigenvalue weighted by atomic mass is 9.96. The molecule has 0 spiro atoms. The number of methoxy groups -OCH3 is 1. The quantitative estimate of drug-likeness (QED) is 0.731. The van der Waals surface area contributed by atoms with Crippen LogP contribution in [-0.4, -0.2) is 19.0 Å². The molecule has 1 aliphatic heterocycles. The van der Waals surface area contributed by atoms with Gasteiger partial charge in [-0.05, 0) is 30.5 Å². The Balaban J connectivity index is 2.55. The maximum Gasteiger partial charge on any atom is 0.339 e. The molecular weight excluding hydrogens is 206 g/mol. The zero-order valence-electron chi connectivity index (χ0n) is 9.29. The Morgan fingerprint density at radius 1 is 1.38 bits per heavy atom. The van der Waals surface area contributed by atoms with E-state index in [0.717, 1.165) is 11.1 Å². The van der Waals surface area contributed by atoms with E-state index in [9.17, 15) is 9.59 Å². The minimum Gasteiger partial charge on any atom is -0.465 e. The third kappa shape index (κ3) is 1.78. The van der Waals surface area contributed by atoms with Crippen LogP contribution < -0.4 is 5.32 Å². The van der Waals surface area contributed by atoms with Gasteiger partial charge < -0.3 is 10.1 Å². The Bertz CT molecular complexity index is 466. The molecule has 0 radical (unpaired) electrons. The Morgan fingerprint density at radius 2 is 2.12 bits per heavy atom. The summed E-state index contributed by atoms with van der Waals surface area (Å²) in [5.74, 6) is -0.469. The highest BCUT2D eigenvalue weighted by molar-refractivity contribution is 6.03. The number of carbonyl (C=O) groups excluding carboxylic acids is 2. The second kappa shape index (κ2) is 3.96. The fraction of sp³-hybridized carbons (Fsp3) is 0.333. The van der Waals surface area contributed by atoms with Crippen molar-refractivity contribution in [2.45, 2.75) is 19.8 Å². The molecule has 1 amide bonds. The summed E-state index contributed by atoms with van der Waals surface area (Å²) in [6.07, 6.45) is 1.14. The number of esters is 1. The van der Waals surface area contributed by atoms with Gasteiger partial charge in [-0.15, -0.1) is 0 Å². The first-order chi connectivity index (χ1) is 7.61. The van der Waals surface area contributed by atoms with Gasteiger partial charge in [0.25, 0.3) is 0 Å². The van der Waals surface area contributed by atoms with E-state index < -0.39 is 5.97 Å². The van der Waals surface area contributed by atoms with Gasteiger partial charge in [0.05, 0.1) is 18.4 Å². The van der Waals surface area contributed by atoms with Crippen LogP contribution in [0.25, 0.3) is 0 Å². The van der Waals surface area contributed by atoms with Gasteiger partial charge in [-0.2, -0.15) is 0 Å². The first-order valence-electron chi connectivity index (χ1n) is 5.13. The SMILES string of the molecule is COC(=O)c1cc(C)cc2c1NC(=O)CC2. The zero-order valence-corrected chi connectivity index (χ0v) is 9.29. The van der Waals surface area contributed by atoms with Gasteiger partial charge in [-0.25, -0.2) is 4.79 Å². The van der Waals surface area contributed by atoms with Gasteiger partial charge in [0, 0.05) is 6.42 Å². The molecule has 1 aliphatic rings. The Morgan fingerprint density at radius 3 is 2.81 bits per heavy atom. The lowest BCUT2D eigenvalue weighted by molar-refractivity contribution is -0.116. The van der Waals surface area contributed by atoms with Gasteiger partial charge >= 0.3 is 5.97 Å². The predicted octanol–water partition coefficient (Wildman–Crippen LogP) is 1.67. The van der Waals surface area contributed by atoms with E-state index >= 15 is 0 Å². The van der Waals surface area contributed by atoms with E-state index in [1.165, 1.54) is 7.11 Å². The van der Waals surface area contributed by atoms with Crippen molar-refractivity contribution in [1.29, 1.82) is 0 Å². The summed E-state index contributed by atoms with van der Waals surface area (Å²) in [7, 11) is 1.34. The highest BCUT2D eigenvalue weighted by atomic mass is 16.5. The molecule has 0 saturated heterocycles. The van der Waals surface area contributed by atoms with Crippen molar-refractivity contribution in [3.63, 3.8) is 0 Å². The molecule has 0 aliphatic carbocycles. The smallest absolute Gasteiger partial charge is 0.339 e. The number of ether oxygens (including phenoxy) is 1. The minimum atomic E-state index is -0.415. The second-order valence-corrected chi connectivity index (χ2v) is 3.89. The first-order valence-corrected chi connectivity index (χ1v) is 5.13. The van der Waals surface area contributed by atoms with E-state index in [0.29, 0.717) is 24.1 Å². The normalized spacial score (nSPS) is 14.0. The lowest BCUT2D eigenvalue weighted by Crippen LogP contribution is -2.22. The molecule has 1 aromatic rings. The third-order valence-corrected chi connectivity index (χ3v) is 2.66. The molecule has 0 fully saturated rings. The molecule has 84 valence electrons. The third-order valence-electron chi connectivity index (χ3n) is 2.66. The summed E-state index contributed by atoms with van der Waals surface area (Å²) in [4.78, 5) is 22.9. The van der Waals surface area contributed by atoms with Crippen molar-refractivity contribution in [3.8, 4) is 0 Å². The second-order valence-electron chi connectivity index (χ2n) is 3.89. The molecule has 1 N–H and O–H groups in total. The van der Waals surface area contributed by atoms with Crippen molar-refractivity contribution >= 4 is 17.6 Å². The molecule has 4 nitrogen and oxygen atoms in total. The van der Waals surface area contributed by atoms with Gasteiger partial charge in [-0.1, -0.05) is 6.07 Å². The van der Waals surface area contributed by atoms with Crippen LogP contribution in [0.5, 0.6) is 0 Å². The van der Waals surface area contributed by atoms with Crippen LogP contribution in [0.4, 0.5) is 5.69 Å². The summed E-state index contributed by atoms with van der Waals surface area (Å²) < 4.78 is 4.70. The van der Waals surface area contributed by atoms with E-state index in [4.69, 9.17) is 4.74 Å². The molecule has 0 saturated carbocycles. The number of fused-ring (bicyclic) bond motifs is 1. The van der Waals surface area contributed by atoms with Gasteiger partial charge in [0.2, 0.25) is 5.91 Å². The van der Waals surface area contributed by atoms with Crippen molar-refractivity contribution in [3.05, 3.63) is 28.8 Å². The first kappa shape index (κ1) is 10.7. The largest absolute Gasteiger partial charge is 0.465 e. The summed E-state index contributed by atoms with van der Waals surface area (Å²) >= 11 is 0. The lowest BCUT2D eigenvalue weighted by Gasteiger charge is -2.20. The highest BCUT2D eigenvalue weighted by Gasteiger charge is 2.22. The minimum absolute atomic E-state index is 0.0542. The van der Waals surface area contributed by atoms with Crippen LogP contribution >= 0.6 is 0 Å². The number of anilines is 1. The average Bonchev–Trinajstić information content (AvgIpc) is 2.27. The number of nitrogens with one attached hydrogen (secondary N) is 1. The number of amides is 1. The molecule has 16 heavy (non-hydrogen) atoms. The number of hydrogen-bond acceptors (Lipinski definition) is 3. The highest BCUT2D eigenvalue weighted by Crippen LogP contribution is 2.28. The maximum atomic E-state index is 11.6. The van der Waals surface area contributed by atoms with Crippen LogP contribution in [0.1, 0.15) is 27.9 Å². The van der Waals surface area contributed by atoms with Gasteiger partial charge in [0.1, 0.15) is 0 Å². The summed E-state index contributed by atoms with van der Waals surface area (Å²) in [5.41, 5.74) is 3.04. The van der Waals surface area contributed by atoms with Crippen molar-refractivity contribution < 1.29 is 14.3 Å². The summed E-state index contributed by atoms with van der Waals surface area (Å²) in [6.45, 7) is 1.92.